The van der Waals surface area contributed by atoms with Gasteiger partial charge in [-0.15, -0.1) is 0 Å². The van der Waals surface area contributed by atoms with Crippen LogP contribution in [0.25, 0.3) is 11.3 Å². The first-order chi connectivity index (χ1) is 11.3. The topological polar surface area (TPSA) is 54.9 Å². The van der Waals surface area contributed by atoms with Crippen LogP contribution in [0.3, 0.4) is 0 Å². The van der Waals surface area contributed by atoms with Gasteiger partial charge in [-0.2, -0.15) is 0 Å². The zero-order valence-electron chi connectivity index (χ0n) is 13.2. The minimum atomic E-state index is 0.0302. The molecule has 4 heteroatoms. The van der Waals surface area contributed by atoms with E-state index in [2.05, 4.69) is 15.3 Å². The second-order valence-electron chi connectivity index (χ2n) is 6.84. The third-order valence-electron chi connectivity index (χ3n) is 5.40. The second-order valence-corrected chi connectivity index (χ2v) is 6.84. The summed E-state index contributed by atoms with van der Waals surface area (Å²) < 4.78 is 0. The maximum absolute atomic E-state index is 12.4. The molecule has 1 N–H and O–H groups in total. The SMILES string of the molecule is O=C(NCC1(C2CC2)CCC1)c1ccc(-c2cnccn2)cc1. The summed E-state index contributed by atoms with van der Waals surface area (Å²) in [6.07, 6.45) is 11.6. The maximum Gasteiger partial charge on any atom is 0.251 e. The van der Waals surface area contributed by atoms with Gasteiger partial charge < -0.3 is 5.32 Å². The Labute approximate surface area is 136 Å². The van der Waals surface area contributed by atoms with Gasteiger partial charge in [0, 0.05) is 30.1 Å². The Morgan fingerprint density at radius 2 is 1.96 bits per heavy atom. The predicted octanol–water partition coefficient (Wildman–Crippen LogP) is 3.45. The molecule has 0 spiro atoms. The lowest BCUT2D eigenvalue weighted by molar-refractivity contribution is 0.0781. The van der Waals surface area contributed by atoms with Gasteiger partial charge in [0.1, 0.15) is 0 Å². The molecule has 2 aromatic rings. The molecular formula is C19H21N3O. The molecule has 118 valence electrons. The maximum atomic E-state index is 12.4. The van der Waals surface area contributed by atoms with Crippen LogP contribution in [0.2, 0.25) is 0 Å². The quantitative estimate of drug-likeness (QED) is 0.920. The molecule has 0 bridgehead atoms. The Hall–Kier alpha value is -2.23. The summed E-state index contributed by atoms with van der Waals surface area (Å²) in [5.74, 6) is 0.887. The van der Waals surface area contributed by atoms with E-state index in [9.17, 15) is 4.79 Å². The van der Waals surface area contributed by atoms with Gasteiger partial charge in [-0.05, 0) is 49.1 Å². The normalized spacial score (nSPS) is 19.0. The van der Waals surface area contributed by atoms with Gasteiger partial charge in [0.2, 0.25) is 0 Å². The fourth-order valence-electron chi connectivity index (χ4n) is 3.65. The molecule has 4 nitrogen and oxygen atoms in total. The summed E-state index contributed by atoms with van der Waals surface area (Å²) in [7, 11) is 0. The van der Waals surface area contributed by atoms with E-state index in [1.807, 2.05) is 24.3 Å². The number of aromatic nitrogens is 2. The van der Waals surface area contributed by atoms with E-state index in [0.717, 1.165) is 23.7 Å². The Balaban J connectivity index is 1.40. The molecule has 1 heterocycles. The van der Waals surface area contributed by atoms with Crippen LogP contribution >= 0.6 is 0 Å². The van der Waals surface area contributed by atoms with Crippen LogP contribution in [0.4, 0.5) is 0 Å². The summed E-state index contributed by atoms with van der Waals surface area (Å²) in [5, 5.41) is 3.16. The summed E-state index contributed by atoms with van der Waals surface area (Å²) in [4.78, 5) is 20.7. The molecule has 2 fully saturated rings. The fraction of sp³-hybridized carbons (Fsp3) is 0.421. The van der Waals surface area contributed by atoms with Crippen molar-refractivity contribution in [3.8, 4) is 11.3 Å². The smallest absolute Gasteiger partial charge is 0.251 e. The number of nitrogens with one attached hydrogen (secondary N) is 1. The van der Waals surface area contributed by atoms with Gasteiger partial charge >= 0.3 is 0 Å². The van der Waals surface area contributed by atoms with Crippen molar-refractivity contribution in [2.75, 3.05) is 6.54 Å². The molecule has 1 amide bonds. The van der Waals surface area contributed by atoms with Crippen molar-refractivity contribution in [2.45, 2.75) is 32.1 Å². The number of benzene rings is 1. The van der Waals surface area contributed by atoms with Crippen molar-refractivity contribution < 1.29 is 4.79 Å². The number of nitrogens with zero attached hydrogens (tertiary/aromatic N) is 2. The first-order valence-electron chi connectivity index (χ1n) is 8.42. The molecule has 2 aliphatic carbocycles. The predicted molar refractivity (Wildman–Crippen MR) is 88.8 cm³/mol. The third-order valence-corrected chi connectivity index (χ3v) is 5.40. The first-order valence-corrected chi connectivity index (χ1v) is 8.42. The molecular weight excluding hydrogens is 286 g/mol. The van der Waals surface area contributed by atoms with E-state index in [-0.39, 0.29) is 5.91 Å². The summed E-state index contributed by atoms with van der Waals surface area (Å²) in [6, 6.07) is 7.59. The van der Waals surface area contributed by atoms with Gasteiger partial charge in [0.05, 0.1) is 11.9 Å². The third kappa shape index (κ3) is 2.85. The standard InChI is InChI=1S/C19H21N3O/c23-18(22-13-19(8-1-9-19)16-6-7-16)15-4-2-14(3-5-15)17-12-20-10-11-21-17/h2-5,10-12,16H,1,6-9,13H2,(H,22,23). The lowest BCUT2D eigenvalue weighted by atomic mass is 9.65. The van der Waals surface area contributed by atoms with E-state index < -0.39 is 0 Å². The van der Waals surface area contributed by atoms with Gasteiger partial charge in [-0.1, -0.05) is 18.6 Å². The van der Waals surface area contributed by atoms with Gasteiger partial charge in [0.25, 0.3) is 5.91 Å². The molecule has 4 rings (SSSR count). The highest BCUT2D eigenvalue weighted by Crippen LogP contribution is 2.56. The minimum Gasteiger partial charge on any atom is -0.351 e. The van der Waals surface area contributed by atoms with Crippen molar-refractivity contribution in [1.82, 2.24) is 15.3 Å². The van der Waals surface area contributed by atoms with Crippen LogP contribution in [-0.4, -0.2) is 22.4 Å². The molecule has 0 radical (unpaired) electrons. The van der Waals surface area contributed by atoms with E-state index in [0.29, 0.717) is 11.0 Å². The number of amides is 1. The van der Waals surface area contributed by atoms with E-state index in [1.165, 1.54) is 32.1 Å². The molecule has 23 heavy (non-hydrogen) atoms. The summed E-state index contributed by atoms with van der Waals surface area (Å²) in [6.45, 7) is 0.836. The average molecular weight is 307 g/mol. The van der Waals surface area contributed by atoms with E-state index in [4.69, 9.17) is 0 Å². The Kier molecular flexibility index (Phi) is 3.60. The van der Waals surface area contributed by atoms with Crippen molar-refractivity contribution in [2.24, 2.45) is 11.3 Å². The molecule has 2 saturated carbocycles. The highest BCUT2D eigenvalue weighted by Gasteiger charge is 2.48. The zero-order chi connectivity index (χ0) is 15.7. The van der Waals surface area contributed by atoms with Gasteiger partial charge in [0.15, 0.2) is 0 Å². The van der Waals surface area contributed by atoms with Crippen molar-refractivity contribution in [3.05, 3.63) is 48.4 Å². The second kappa shape index (κ2) is 5.76. The molecule has 0 unspecified atom stereocenters. The van der Waals surface area contributed by atoms with Crippen LogP contribution in [0, 0.1) is 11.3 Å². The van der Waals surface area contributed by atoms with Crippen molar-refractivity contribution in [3.63, 3.8) is 0 Å². The summed E-state index contributed by atoms with van der Waals surface area (Å²) in [5.41, 5.74) is 2.92. The van der Waals surface area contributed by atoms with Crippen LogP contribution in [0.15, 0.2) is 42.9 Å². The number of carbonyl (C=O) groups excluding carboxylic acids is 1. The van der Waals surface area contributed by atoms with Crippen LogP contribution < -0.4 is 5.32 Å². The number of hydrogen-bond donors (Lipinski definition) is 1. The van der Waals surface area contributed by atoms with Gasteiger partial charge in [-0.25, -0.2) is 0 Å². The highest BCUT2D eigenvalue weighted by molar-refractivity contribution is 5.94. The molecule has 2 aliphatic rings. The Bertz CT molecular complexity index is 688. The Morgan fingerprint density at radius 3 is 2.52 bits per heavy atom. The highest BCUT2D eigenvalue weighted by atomic mass is 16.1. The minimum absolute atomic E-state index is 0.0302. The number of rotatable bonds is 5. The molecule has 1 aromatic carbocycles. The Morgan fingerprint density at radius 1 is 1.17 bits per heavy atom. The van der Waals surface area contributed by atoms with E-state index in [1.54, 1.807) is 18.6 Å². The van der Waals surface area contributed by atoms with Gasteiger partial charge in [-0.3, -0.25) is 14.8 Å². The van der Waals surface area contributed by atoms with Crippen LogP contribution in [0.1, 0.15) is 42.5 Å². The number of carbonyl (C=O) groups is 1. The molecule has 0 saturated heterocycles. The van der Waals surface area contributed by atoms with Crippen molar-refractivity contribution >= 4 is 5.91 Å². The largest absolute Gasteiger partial charge is 0.351 e. The average Bonchev–Trinajstić information content (AvgIpc) is 3.40. The zero-order valence-corrected chi connectivity index (χ0v) is 13.2. The number of hydrogen-bond acceptors (Lipinski definition) is 3. The van der Waals surface area contributed by atoms with Crippen LogP contribution in [-0.2, 0) is 0 Å². The lowest BCUT2D eigenvalue weighted by Gasteiger charge is -2.42. The molecule has 1 aromatic heterocycles. The fourth-order valence-corrected chi connectivity index (χ4v) is 3.65. The monoisotopic (exact) mass is 307 g/mol. The summed E-state index contributed by atoms with van der Waals surface area (Å²) >= 11 is 0. The van der Waals surface area contributed by atoms with E-state index >= 15 is 0 Å². The van der Waals surface area contributed by atoms with Crippen LogP contribution in [0.5, 0.6) is 0 Å². The lowest BCUT2D eigenvalue weighted by Crippen LogP contribution is -2.43. The first kappa shape index (κ1) is 14.4. The van der Waals surface area contributed by atoms with Crippen molar-refractivity contribution in [1.29, 1.82) is 0 Å². The molecule has 0 aliphatic heterocycles. The molecule has 0 atom stereocenters.